The number of nitrogens with one attached hydrogen (secondary N) is 1. The maximum absolute atomic E-state index is 12.3. The van der Waals surface area contributed by atoms with Crippen molar-refractivity contribution in [3.8, 4) is 0 Å². The zero-order valence-electron chi connectivity index (χ0n) is 12.8. The van der Waals surface area contributed by atoms with Crippen molar-refractivity contribution in [2.45, 2.75) is 45.2 Å². The van der Waals surface area contributed by atoms with Gasteiger partial charge in [0.2, 0.25) is 10.0 Å². The first-order valence-corrected chi connectivity index (χ1v) is 9.47. The van der Waals surface area contributed by atoms with Gasteiger partial charge >= 0.3 is 0 Å². The number of rotatable bonds is 5. The molecular weight excluding hydrogens is 300 g/mol. The molecule has 0 spiro atoms. The highest BCUT2D eigenvalue weighted by Crippen LogP contribution is 2.24. The zero-order valence-corrected chi connectivity index (χ0v) is 13.6. The predicted octanol–water partition coefficient (Wildman–Crippen LogP) is 1.93. The fourth-order valence-electron chi connectivity index (χ4n) is 3.14. The number of sulfonamides is 1. The summed E-state index contributed by atoms with van der Waals surface area (Å²) in [4.78, 5) is 0. The van der Waals surface area contributed by atoms with Gasteiger partial charge < -0.3 is 0 Å². The third-order valence-corrected chi connectivity index (χ3v) is 5.69. The van der Waals surface area contributed by atoms with E-state index in [-0.39, 0.29) is 11.8 Å². The molecular formula is C15H22N4O2S. The predicted molar refractivity (Wildman–Crippen MR) is 85.9 cm³/mol. The van der Waals surface area contributed by atoms with E-state index >= 15 is 0 Å². The van der Waals surface area contributed by atoms with Crippen molar-refractivity contribution in [2.75, 3.05) is 5.75 Å². The second-order valence-electron chi connectivity index (χ2n) is 6.21. The largest absolute Gasteiger partial charge is 0.244 e. The van der Waals surface area contributed by atoms with E-state index in [1.807, 2.05) is 24.3 Å². The normalized spacial score (nSPS) is 23.0. The summed E-state index contributed by atoms with van der Waals surface area (Å²) in [6.07, 6.45) is 4.17. The van der Waals surface area contributed by atoms with Crippen LogP contribution in [0.4, 0.5) is 0 Å². The van der Waals surface area contributed by atoms with Gasteiger partial charge in [-0.05, 0) is 30.9 Å². The van der Waals surface area contributed by atoms with Gasteiger partial charge in [0, 0.05) is 6.04 Å². The van der Waals surface area contributed by atoms with Crippen LogP contribution in [-0.4, -0.2) is 35.2 Å². The monoisotopic (exact) mass is 322 g/mol. The third-order valence-electron chi connectivity index (χ3n) is 4.27. The Hall–Kier alpha value is -1.47. The average molecular weight is 322 g/mol. The van der Waals surface area contributed by atoms with Gasteiger partial charge in [0.15, 0.2) is 0 Å². The Balaban J connectivity index is 1.62. The Morgan fingerprint density at radius 2 is 2.14 bits per heavy atom. The molecule has 1 N–H and O–H groups in total. The van der Waals surface area contributed by atoms with Crippen LogP contribution in [0, 0.1) is 5.92 Å². The summed E-state index contributed by atoms with van der Waals surface area (Å²) in [5, 5.41) is 8.07. The molecule has 3 rings (SSSR count). The van der Waals surface area contributed by atoms with Gasteiger partial charge in [0.25, 0.3) is 0 Å². The summed E-state index contributed by atoms with van der Waals surface area (Å²) >= 11 is 0. The first-order valence-electron chi connectivity index (χ1n) is 7.82. The molecule has 0 radical (unpaired) electrons. The number of benzene rings is 1. The number of nitrogens with zero attached hydrogens (tertiary/aromatic N) is 3. The van der Waals surface area contributed by atoms with Crippen LogP contribution in [0.15, 0.2) is 24.3 Å². The summed E-state index contributed by atoms with van der Waals surface area (Å²) in [7, 11) is -3.29. The van der Waals surface area contributed by atoms with Gasteiger partial charge in [-0.2, -0.15) is 0 Å². The topological polar surface area (TPSA) is 76.9 Å². The smallest absolute Gasteiger partial charge is 0.213 e. The first-order chi connectivity index (χ1) is 10.5. The Morgan fingerprint density at radius 1 is 1.32 bits per heavy atom. The quantitative estimate of drug-likeness (QED) is 0.912. The van der Waals surface area contributed by atoms with E-state index in [1.165, 1.54) is 6.42 Å². The van der Waals surface area contributed by atoms with Crippen LogP contribution in [0.25, 0.3) is 11.0 Å². The van der Waals surface area contributed by atoms with Crippen LogP contribution in [-0.2, 0) is 16.6 Å². The molecule has 6 nitrogen and oxygen atoms in total. The SMILES string of the molecule is C[C@H]1CCC[C@H](NS(=O)(=O)CCn2nnc3ccccc32)C1. The molecule has 1 aromatic carbocycles. The maximum atomic E-state index is 12.3. The Bertz CT molecular complexity index is 741. The minimum absolute atomic E-state index is 0.0330. The summed E-state index contributed by atoms with van der Waals surface area (Å²) in [5.74, 6) is 0.631. The van der Waals surface area contributed by atoms with Crippen molar-refractivity contribution in [2.24, 2.45) is 5.92 Å². The van der Waals surface area contributed by atoms with E-state index in [4.69, 9.17) is 0 Å². The lowest BCUT2D eigenvalue weighted by molar-refractivity contribution is 0.327. The van der Waals surface area contributed by atoms with E-state index in [0.29, 0.717) is 12.5 Å². The molecule has 1 saturated carbocycles. The molecule has 1 fully saturated rings. The van der Waals surface area contributed by atoms with Gasteiger partial charge in [0.05, 0.1) is 17.8 Å². The number of hydrogen-bond acceptors (Lipinski definition) is 4. The van der Waals surface area contributed by atoms with Gasteiger partial charge in [-0.25, -0.2) is 17.8 Å². The molecule has 0 amide bonds. The molecule has 7 heteroatoms. The Kier molecular flexibility index (Phi) is 4.44. The molecule has 0 bridgehead atoms. The first kappa shape index (κ1) is 15.4. The number of para-hydroxylation sites is 1. The lowest BCUT2D eigenvalue weighted by atomic mass is 9.88. The number of aryl methyl sites for hydroxylation is 1. The van der Waals surface area contributed by atoms with Crippen LogP contribution in [0.5, 0.6) is 0 Å². The molecule has 2 atom stereocenters. The number of hydrogen-bond donors (Lipinski definition) is 1. The van der Waals surface area contributed by atoms with Crippen molar-refractivity contribution in [3.63, 3.8) is 0 Å². The van der Waals surface area contributed by atoms with Gasteiger partial charge in [-0.1, -0.05) is 37.1 Å². The fraction of sp³-hybridized carbons (Fsp3) is 0.600. The zero-order chi connectivity index (χ0) is 15.6. The van der Waals surface area contributed by atoms with E-state index in [9.17, 15) is 8.42 Å². The minimum atomic E-state index is -3.29. The average Bonchev–Trinajstić information content (AvgIpc) is 2.88. The van der Waals surface area contributed by atoms with Gasteiger partial charge in [-0.15, -0.1) is 5.10 Å². The lowest BCUT2D eigenvalue weighted by Crippen LogP contribution is -2.39. The highest BCUT2D eigenvalue weighted by molar-refractivity contribution is 7.89. The molecule has 1 aromatic heterocycles. The molecule has 1 aliphatic carbocycles. The second kappa shape index (κ2) is 6.34. The van der Waals surface area contributed by atoms with Gasteiger partial charge in [0.1, 0.15) is 5.52 Å². The van der Waals surface area contributed by atoms with E-state index < -0.39 is 10.0 Å². The van der Waals surface area contributed by atoms with E-state index in [1.54, 1.807) is 4.68 Å². The van der Waals surface area contributed by atoms with Crippen LogP contribution in [0.3, 0.4) is 0 Å². The van der Waals surface area contributed by atoms with Gasteiger partial charge in [-0.3, -0.25) is 0 Å². The highest BCUT2D eigenvalue weighted by Gasteiger charge is 2.23. The molecule has 0 aliphatic heterocycles. The van der Waals surface area contributed by atoms with E-state index in [2.05, 4.69) is 22.0 Å². The van der Waals surface area contributed by atoms with Crippen molar-refractivity contribution in [1.82, 2.24) is 19.7 Å². The van der Waals surface area contributed by atoms with Crippen LogP contribution >= 0.6 is 0 Å². The van der Waals surface area contributed by atoms with Crippen molar-refractivity contribution < 1.29 is 8.42 Å². The highest BCUT2D eigenvalue weighted by atomic mass is 32.2. The van der Waals surface area contributed by atoms with Crippen LogP contribution in [0.1, 0.15) is 32.6 Å². The Morgan fingerprint density at radius 3 is 2.95 bits per heavy atom. The molecule has 2 aromatic rings. The molecule has 1 heterocycles. The molecule has 1 aliphatic rings. The molecule has 120 valence electrons. The van der Waals surface area contributed by atoms with Crippen molar-refractivity contribution in [3.05, 3.63) is 24.3 Å². The van der Waals surface area contributed by atoms with E-state index in [0.717, 1.165) is 30.3 Å². The summed E-state index contributed by atoms with van der Waals surface area (Å²) in [6, 6.07) is 7.65. The number of fused-ring (bicyclic) bond motifs is 1. The Labute approximate surface area is 130 Å². The fourth-order valence-corrected chi connectivity index (χ4v) is 4.40. The maximum Gasteiger partial charge on any atom is 0.213 e. The minimum Gasteiger partial charge on any atom is -0.244 e. The number of aromatic nitrogens is 3. The summed E-state index contributed by atoms with van der Waals surface area (Å²) in [6.45, 7) is 2.50. The van der Waals surface area contributed by atoms with Crippen LogP contribution < -0.4 is 4.72 Å². The standard InChI is InChI=1S/C15H22N4O2S/c1-12-5-4-6-13(11-12)17-22(20,21)10-9-19-15-8-3-2-7-14(15)16-18-19/h2-3,7-8,12-13,17H,4-6,9-11H2,1H3/t12-,13-/m0/s1. The second-order valence-corrected chi connectivity index (χ2v) is 8.08. The summed E-state index contributed by atoms with van der Waals surface area (Å²) < 4.78 is 29.0. The van der Waals surface area contributed by atoms with Crippen molar-refractivity contribution >= 4 is 21.1 Å². The summed E-state index contributed by atoms with van der Waals surface area (Å²) in [5.41, 5.74) is 1.65. The van der Waals surface area contributed by atoms with Crippen molar-refractivity contribution in [1.29, 1.82) is 0 Å². The molecule has 0 unspecified atom stereocenters. The lowest BCUT2D eigenvalue weighted by Gasteiger charge is -2.27. The molecule has 0 saturated heterocycles. The molecule has 22 heavy (non-hydrogen) atoms. The third kappa shape index (κ3) is 3.64. The van der Waals surface area contributed by atoms with Crippen LogP contribution in [0.2, 0.25) is 0 Å².